The molecule has 2 aromatic rings. The number of carbonyl (C=O) groups is 1. The van der Waals surface area contributed by atoms with E-state index in [0.29, 0.717) is 11.2 Å². The average Bonchev–Trinajstić information content (AvgIpc) is 3.09. The maximum Gasteiger partial charge on any atom is 0.256 e. The predicted octanol–water partition coefficient (Wildman–Crippen LogP) is 2.73. The SMILES string of the molecule is CCCCCC(C)CC.Cc1ccn2ncc(C(=O)NCC(O)CO)c2n1. The monoisotopic (exact) mass is 378 g/mol. The highest BCUT2D eigenvalue weighted by atomic mass is 16.3. The number of nitrogens with one attached hydrogen (secondary N) is 1. The second kappa shape index (κ2) is 12.4. The van der Waals surface area contributed by atoms with Gasteiger partial charge >= 0.3 is 0 Å². The third-order valence-corrected chi connectivity index (χ3v) is 4.46. The Hall–Kier alpha value is -1.99. The van der Waals surface area contributed by atoms with E-state index in [0.717, 1.165) is 11.6 Å². The number of aliphatic hydroxyl groups is 2. The lowest BCUT2D eigenvalue weighted by Gasteiger charge is -2.07. The lowest BCUT2D eigenvalue weighted by molar-refractivity contribution is 0.0803. The summed E-state index contributed by atoms with van der Waals surface area (Å²) in [4.78, 5) is 16.1. The van der Waals surface area contributed by atoms with E-state index in [9.17, 15) is 4.79 Å². The fraction of sp³-hybridized carbons (Fsp3) is 0.650. The molecular weight excluding hydrogens is 344 g/mol. The Balaban J connectivity index is 0.000000345. The lowest BCUT2D eigenvalue weighted by atomic mass is 10.0. The Morgan fingerprint density at radius 3 is 2.70 bits per heavy atom. The van der Waals surface area contributed by atoms with Gasteiger partial charge in [0.1, 0.15) is 5.56 Å². The maximum atomic E-state index is 11.9. The van der Waals surface area contributed by atoms with Crippen LogP contribution in [-0.4, -0.2) is 50.0 Å². The van der Waals surface area contributed by atoms with Crippen LogP contribution in [0.15, 0.2) is 18.5 Å². The molecule has 2 aromatic heterocycles. The molecule has 27 heavy (non-hydrogen) atoms. The first-order chi connectivity index (χ1) is 12.9. The molecule has 3 N–H and O–H groups in total. The van der Waals surface area contributed by atoms with Crippen LogP contribution in [0.5, 0.6) is 0 Å². The van der Waals surface area contributed by atoms with E-state index in [2.05, 4.69) is 36.2 Å². The van der Waals surface area contributed by atoms with Crippen molar-refractivity contribution in [2.75, 3.05) is 13.2 Å². The minimum Gasteiger partial charge on any atom is -0.394 e. The number of rotatable bonds is 9. The number of fused-ring (bicyclic) bond motifs is 1. The van der Waals surface area contributed by atoms with Gasteiger partial charge in [-0.25, -0.2) is 9.50 Å². The summed E-state index contributed by atoms with van der Waals surface area (Å²) >= 11 is 0. The highest BCUT2D eigenvalue weighted by Gasteiger charge is 2.14. The normalized spacial score (nSPS) is 13.0. The summed E-state index contributed by atoms with van der Waals surface area (Å²) in [5, 5.41) is 24.3. The molecule has 2 atom stereocenters. The molecule has 2 rings (SSSR count). The average molecular weight is 379 g/mol. The number of hydrogen-bond donors (Lipinski definition) is 3. The van der Waals surface area contributed by atoms with E-state index in [-0.39, 0.29) is 12.5 Å². The molecular formula is C20H34N4O3. The van der Waals surface area contributed by atoms with Gasteiger partial charge in [-0.05, 0) is 18.9 Å². The molecule has 0 bridgehead atoms. The Bertz CT molecular complexity index is 687. The van der Waals surface area contributed by atoms with Crippen molar-refractivity contribution < 1.29 is 15.0 Å². The van der Waals surface area contributed by atoms with Crippen LogP contribution in [0.2, 0.25) is 0 Å². The summed E-state index contributed by atoms with van der Waals surface area (Å²) in [5.74, 6) is 0.576. The number of amides is 1. The molecule has 0 spiro atoms. The quantitative estimate of drug-likeness (QED) is 0.583. The molecule has 7 heteroatoms. The van der Waals surface area contributed by atoms with Crippen molar-refractivity contribution in [1.82, 2.24) is 19.9 Å². The van der Waals surface area contributed by atoms with Crippen LogP contribution < -0.4 is 5.32 Å². The van der Waals surface area contributed by atoms with Crippen LogP contribution in [0.25, 0.3) is 5.65 Å². The van der Waals surface area contributed by atoms with E-state index in [4.69, 9.17) is 10.2 Å². The van der Waals surface area contributed by atoms with Crippen LogP contribution in [-0.2, 0) is 0 Å². The molecule has 0 fully saturated rings. The van der Waals surface area contributed by atoms with Crippen molar-refractivity contribution >= 4 is 11.6 Å². The standard InChI is InChI=1S/C11H14N4O3.C9H20/c1-7-2-3-15-10(14-7)9(5-13-15)11(18)12-4-8(17)6-16;1-4-6-7-8-9(3)5-2/h2-3,5,8,16-17H,4,6H2,1H3,(H,12,18);9H,4-8H2,1-3H3. The van der Waals surface area contributed by atoms with Crippen molar-refractivity contribution in [2.24, 2.45) is 5.92 Å². The first-order valence-corrected chi connectivity index (χ1v) is 9.80. The molecule has 0 saturated carbocycles. The van der Waals surface area contributed by atoms with Crippen LogP contribution in [0, 0.1) is 12.8 Å². The summed E-state index contributed by atoms with van der Waals surface area (Å²) in [6.45, 7) is 8.29. The van der Waals surface area contributed by atoms with Gasteiger partial charge in [-0.15, -0.1) is 0 Å². The third-order valence-electron chi connectivity index (χ3n) is 4.46. The highest BCUT2D eigenvalue weighted by Crippen LogP contribution is 2.11. The number of nitrogens with zero attached hydrogens (tertiary/aromatic N) is 3. The Morgan fingerprint density at radius 2 is 2.07 bits per heavy atom. The third kappa shape index (κ3) is 8.05. The lowest BCUT2D eigenvalue weighted by Crippen LogP contribution is -2.33. The molecule has 1 amide bonds. The molecule has 0 aliphatic heterocycles. The van der Waals surface area contributed by atoms with Crippen molar-refractivity contribution in [1.29, 1.82) is 0 Å². The second-order valence-electron chi connectivity index (χ2n) is 6.95. The van der Waals surface area contributed by atoms with Gasteiger partial charge in [-0.3, -0.25) is 4.79 Å². The molecule has 7 nitrogen and oxygen atoms in total. The van der Waals surface area contributed by atoms with Gasteiger partial charge in [-0.1, -0.05) is 52.9 Å². The smallest absolute Gasteiger partial charge is 0.256 e. The molecule has 0 aliphatic carbocycles. The Labute approximate surface area is 161 Å². The van der Waals surface area contributed by atoms with Crippen LogP contribution in [0.1, 0.15) is 68.9 Å². The minimum absolute atomic E-state index is 0.0154. The van der Waals surface area contributed by atoms with Crippen LogP contribution in [0.4, 0.5) is 0 Å². The first-order valence-electron chi connectivity index (χ1n) is 9.80. The number of aliphatic hydroxyl groups excluding tert-OH is 2. The Kier molecular flexibility index (Phi) is 10.6. The fourth-order valence-corrected chi connectivity index (χ4v) is 2.44. The summed E-state index contributed by atoms with van der Waals surface area (Å²) in [6.07, 6.45) is 9.17. The van der Waals surface area contributed by atoms with Gasteiger partial charge in [0.25, 0.3) is 5.91 Å². The highest BCUT2D eigenvalue weighted by molar-refractivity contribution is 5.99. The number of aromatic nitrogens is 3. The van der Waals surface area contributed by atoms with Crippen molar-refractivity contribution in [2.45, 2.75) is 65.9 Å². The van der Waals surface area contributed by atoms with Crippen molar-refractivity contribution in [3.05, 3.63) is 29.7 Å². The van der Waals surface area contributed by atoms with E-state index < -0.39 is 12.7 Å². The van der Waals surface area contributed by atoms with Crippen LogP contribution >= 0.6 is 0 Å². The zero-order chi connectivity index (χ0) is 20.2. The van der Waals surface area contributed by atoms with Gasteiger partial charge in [0.2, 0.25) is 0 Å². The summed E-state index contributed by atoms with van der Waals surface area (Å²) in [5.41, 5.74) is 1.59. The number of aryl methyl sites for hydroxylation is 1. The molecule has 2 heterocycles. The zero-order valence-electron chi connectivity index (χ0n) is 17.0. The Morgan fingerprint density at radius 1 is 1.33 bits per heavy atom. The maximum absolute atomic E-state index is 11.9. The van der Waals surface area contributed by atoms with E-state index in [1.807, 2.05) is 6.92 Å². The predicted molar refractivity (Wildman–Crippen MR) is 107 cm³/mol. The largest absolute Gasteiger partial charge is 0.394 e. The molecule has 2 unspecified atom stereocenters. The number of carbonyl (C=O) groups excluding carboxylic acids is 1. The molecule has 0 aliphatic rings. The topological polar surface area (TPSA) is 99.8 Å². The van der Waals surface area contributed by atoms with Crippen molar-refractivity contribution in [3.8, 4) is 0 Å². The summed E-state index contributed by atoms with van der Waals surface area (Å²) in [7, 11) is 0. The van der Waals surface area contributed by atoms with E-state index in [1.165, 1.54) is 42.8 Å². The van der Waals surface area contributed by atoms with Gasteiger partial charge in [-0.2, -0.15) is 5.10 Å². The second-order valence-corrected chi connectivity index (χ2v) is 6.95. The zero-order valence-corrected chi connectivity index (χ0v) is 17.0. The van der Waals surface area contributed by atoms with E-state index >= 15 is 0 Å². The summed E-state index contributed by atoms with van der Waals surface area (Å²) < 4.78 is 1.50. The van der Waals surface area contributed by atoms with Gasteiger partial charge < -0.3 is 15.5 Å². The first kappa shape index (κ1) is 23.0. The van der Waals surface area contributed by atoms with Crippen LogP contribution in [0.3, 0.4) is 0 Å². The van der Waals surface area contributed by atoms with E-state index in [1.54, 1.807) is 12.3 Å². The molecule has 0 aromatic carbocycles. The van der Waals surface area contributed by atoms with Gasteiger partial charge in [0, 0.05) is 18.4 Å². The molecule has 152 valence electrons. The number of unbranched alkanes of at least 4 members (excludes halogenated alkanes) is 2. The minimum atomic E-state index is -0.967. The fourth-order valence-electron chi connectivity index (χ4n) is 2.44. The molecule has 0 radical (unpaired) electrons. The van der Waals surface area contributed by atoms with Gasteiger partial charge in [0.15, 0.2) is 5.65 Å². The van der Waals surface area contributed by atoms with Crippen molar-refractivity contribution in [3.63, 3.8) is 0 Å². The summed E-state index contributed by atoms with van der Waals surface area (Å²) in [6, 6.07) is 1.79. The molecule has 0 saturated heterocycles. The number of hydrogen-bond acceptors (Lipinski definition) is 5. The van der Waals surface area contributed by atoms with Gasteiger partial charge in [0.05, 0.1) is 18.9 Å².